The summed E-state index contributed by atoms with van der Waals surface area (Å²) in [7, 11) is 5.06. The molecule has 0 aliphatic heterocycles. The van der Waals surface area contributed by atoms with Gasteiger partial charge in [-0.25, -0.2) is 4.79 Å². The van der Waals surface area contributed by atoms with E-state index >= 15 is 0 Å². The van der Waals surface area contributed by atoms with Crippen molar-refractivity contribution in [3.63, 3.8) is 0 Å². The molecule has 0 aromatic heterocycles. The van der Waals surface area contributed by atoms with Crippen molar-refractivity contribution in [2.75, 3.05) is 39.3 Å². The molecule has 0 radical (unpaired) electrons. The topological polar surface area (TPSA) is 77.1 Å². The molecule has 2 aromatic carbocycles. The fourth-order valence-corrected chi connectivity index (χ4v) is 2.58. The second kappa shape index (κ2) is 11.0. The Bertz CT molecular complexity index is 874. The summed E-state index contributed by atoms with van der Waals surface area (Å²) in [6, 6.07) is 11.4. The molecule has 0 aliphatic carbocycles. The average Bonchev–Trinajstić information content (AvgIpc) is 2.72. The van der Waals surface area contributed by atoms with Gasteiger partial charge in [0.25, 0.3) is 5.91 Å². The number of anilines is 1. The molecule has 2 aromatic rings. The Balaban J connectivity index is 1.80. The number of nitrogens with one attached hydrogen (secondary N) is 1. The molecule has 30 heavy (non-hydrogen) atoms. The van der Waals surface area contributed by atoms with Crippen LogP contribution in [0.25, 0.3) is 0 Å². The molecule has 1 N–H and O–H groups in total. The third-order valence-corrected chi connectivity index (χ3v) is 4.11. The number of esters is 1. The van der Waals surface area contributed by atoms with E-state index in [1.807, 2.05) is 25.1 Å². The summed E-state index contributed by atoms with van der Waals surface area (Å²) in [4.78, 5) is 25.9. The van der Waals surface area contributed by atoms with Crippen molar-refractivity contribution in [2.45, 2.75) is 13.0 Å². The largest absolute Gasteiger partial charge is 0.493 e. The van der Waals surface area contributed by atoms with E-state index in [4.69, 9.17) is 9.47 Å². The Kier molecular flexibility index (Phi) is 8.40. The Labute approximate surface area is 173 Å². The van der Waals surface area contributed by atoms with Crippen LogP contribution in [0, 0.1) is 0 Å². The normalized spacial score (nSPS) is 10.5. The molecule has 0 saturated carbocycles. The van der Waals surface area contributed by atoms with Crippen LogP contribution in [0.3, 0.4) is 0 Å². The van der Waals surface area contributed by atoms with Gasteiger partial charge in [-0.3, -0.25) is 4.79 Å². The number of amides is 1. The maximum Gasteiger partial charge on any atom is 0.387 e. The van der Waals surface area contributed by atoms with E-state index in [1.165, 1.54) is 13.2 Å². The number of carbonyl (C=O) groups excluding carboxylic acids is 2. The molecule has 162 valence electrons. The van der Waals surface area contributed by atoms with Crippen molar-refractivity contribution >= 4 is 17.6 Å². The summed E-state index contributed by atoms with van der Waals surface area (Å²) in [5, 5.41) is 2.64. The molecular weight excluding hydrogens is 398 g/mol. The van der Waals surface area contributed by atoms with E-state index in [-0.39, 0.29) is 18.0 Å². The number of alkyl halides is 2. The molecule has 0 spiro atoms. The van der Waals surface area contributed by atoms with Crippen LogP contribution in [0.15, 0.2) is 42.5 Å². The summed E-state index contributed by atoms with van der Waals surface area (Å²) >= 11 is 0. The fraction of sp³-hybridized carbons (Fsp3) is 0.333. The predicted molar refractivity (Wildman–Crippen MR) is 107 cm³/mol. The van der Waals surface area contributed by atoms with Crippen molar-refractivity contribution in [1.29, 1.82) is 0 Å². The number of nitrogens with zero attached hydrogens (tertiary/aromatic N) is 1. The Morgan fingerprint density at radius 2 is 1.87 bits per heavy atom. The molecule has 0 aliphatic rings. The summed E-state index contributed by atoms with van der Waals surface area (Å²) in [6.45, 7) is -3.09. The van der Waals surface area contributed by atoms with Gasteiger partial charge in [-0.2, -0.15) is 8.78 Å². The highest BCUT2D eigenvalue weighted by Gasteiger charge is 2.13. The number of hydrogen-bond donors (Lipinski definition) is 1. The van der Waals surface area contributed by atoms with E-state index in [0.717, 1.165) is 11.3 Å². The number of halogens is 2. The zero-order chi connectivity index (χ0) is 22.1. The zero-order valence-corrected chi connectivity index (χ0v) is 17.0. The molecule has 0 fully saturated rings. The molecule has 0 unspecified atom stereocenters. The zero-order valence-electron chi connectivity index (χ0n) is 17.0. The van der Waals surface area contributed by atoms with Gasteiger partial charge in [-0.1, -0.05) is 12.1 Å². The van der Waals surface area contributed by atoms with Gasteiger partial charge in [0.15, 0.2) is 18.1 Å². The molecule has 1 amide bonds. The second-order valence-corrected chi connectivity index (χ2v) is 6.48. The van der Waals surface area contributed by atoms with Crippen LogP contribution in [-0.4, -0.2) is 52.8 Å². The number of carbonyl (C=O) groups is 2. The van der Waals surface area contributed by atoms with Crippen LogP contribution in [0.1, 0.15) is 15.9 Å². The molecular formula is C21H24F2N2O5. The number of benzene rings is 2. The van der Waals surface area contributed by atoms with Gasteiger partial charge in [-0.15, -0.1) is 0 Å². The number of methoxy groups -OCH3 is 1. The Morgan fingerprint density at radius 3 is 2.53 bits per heavy atom. The SMILES string of the molecule is COc1cc(CCNC(=O)COC(=O)c2cccc(N(C)C)c2)ccc1OC(F)F. The number of rotatable bonds is 10. The van der Waals surface area contributed by atoms with Crippen LogP contribution >= 0.6 is 0 Å². The number of ether oxygens (including phenoxy) is 3. The standard InChI is InChI=1S/C21H24F2N2O5/c1-25(2)16-6-4-5-15(12-16)20(27)29-13-19(26)24-10-9-14-7-8-17(30-21(22)23)18(11-14)28-3/h4-8,11-12,21H,9-10,13H2,1-3H3,(H,24,26). The Morgan fingerprint density at radius 1 is 1.10 bits per heavy atom. The molecule has 0 atom stereocenters. The predicted octanol–water partition coefficient (Wildman–Crippen LogP) is 2.88. The van der Waals surface area contributed by atoms with Crippen LogP contribution in [0.2, 0.25) is 0 Å². The minimum Gasteiger partial charge on any atom is -0.493 e. The first-order valence-electron chi connectivity index (χ1n) is 9.13. The number of hydrogen-bond acceptors (Lipinski definition) is 6. The van der Waals surface area contributed by atoms with E-state index in [1.54, 1.807) is 30.3 Å². The molecule has 9 heteroatoms. The lowest BCUT2D eigenvalue weighted by molar-refractivity contribution is -0.124. The second-order valence-electron chi connectivity index (χ2n) is 6.48. The molecule has 7 nitrogen and oxygen atoms in total. The fourth-order valence-electron chi connectivity index (χ4n) is 2.58. The summed E-state index contributed by atoms with van der Waals surface area (Å²) in [6.07, 6.45) is 0.426. The first-order chi connectivity index (χ1) is 14.3. The lowest BCUT2D eigenvalue weighted by Crippen LogP contribution is -2.30. The van der Waals surface area contributed by atoms with Gasteiger partial charge >= 0.3 is 12.6 Å². The quantitative estimate of drug-likeness (QED) is 0.594. The molecule has 0 bridgehead atoms. The van der Waals surface area contributed by atoms with Gasteiger partial charge < -0.3 is 24.4 Å². The maximum absolute atomic E-state index is 12.4. The van der Waals surface area contributed by atoms with Gasteiger partial charge in [0, 0.05) is 26.3 Å². The van der Waals surface area contributed by atoms with Crippen molar-refractivity contribution in [2.24, 2.45) is 0 Å². The van der Waals surface area contributed by atoms with Gasteiger partial charge in [0.05, 0.1) is 12.7 Å². The lowest BCUT2D eigenvalue weighted by atomic mass is 10.1. The van der Waals surface area contributed by atoms with Crippen molar-refractivity contribution in [3.8, 4) is 11.5 Å². The first kappa shape index (κ1) is 22.9. The minimum atomic E-state index is -2.95. The van der Waals surface area contributed by atoms with E-state index in [2.05, 4.69) is 10.1 Å². The molecule has 0 heterocycles. The van der Waals surface area contributed by atoms with Crippen molar-refractivity contribution < 1.29 is 32.6 Å². The highest BCUT2D eigenvalue weighted by atomic mass is 19.3. The van der Waals surface area contributed by atoms with Crippen LogP contribution < -0.4 is 19.7 Å². The van der Waals surface area contributed by atoms with Crippen LogP contribution in [0.4, 0.5) is 14.5 Å². The monoisotopic (exact) mass is 422 g/mol. The highest BCUT2D eigenvalue weighted by molar-refractivity contribution is 5.92. The highest BCUT2D eigenvalue weighted by Crippen LogP contribution is 2.29. The van der Waals surface area contributed by atoms with E-state index < -0.39 is 25.1 Å². The first-order valence-corrected chi connectivity index (χ1v) is 9.13. The third-order valence-electron chi connectivity index (χ3n) is 4.11. The van der Waals surface area contributed by atoms with Gasteiger partial charge in [0.1, 0.15) is 0 Å². The van der Waals surface area contributed by atoms with Crippen molar-refractivity contribution in [3.05, 3.63) is 53.6 Å². The van der Waals surface area contributed by atoms with E-state index in [9.17, 15) is 18.4 Å². The van der Waals surface area contributed by atoms with Crippen LogP contribution in [-0.2, 0) is 16.0 Å². The molecule has 2 rings (SSSR count). The van der Waals surface area contributed by atoms with E-state index in [0.29, 0.717) is 12.0 Å². The summed E-state index contributed by atoms with van der Waals surface area (Å²) < 4.78 is 39.2. The third kappa shape index (κ3) is 6.91. The van der Waals surface area contributed by atoms with Gasteiger partial charge in [-0.05, 0) is 42.3 Å². The molecule has 0 saturated heterocycles. The van der Waals surface area contributed by atoms with Crippen LogP contribution in [0.5, 0.6) is 11.5 Å². The van der Waals surface area contributed by atoms with Gasteiger partial charge in [0.2, 0.25) is 0 Å². The maximum atomic E-state index is 12.4. The summed E-state index contributed by atoms with van der Waals surface area (Å²) in [5.41, 5.74) is 1.95. The summed E-state index contributed by atoms with van der Waals surface area (Å²) in [5.74, 6) is -0.927. The smallest absolute Gasteiger partial charge is 0.387 e. The minimum absolute atomic E-state index is 0.0643. The van der Waals surface area contributed by atoms with Crippen molar-refractivity contribution in [1.82, 2.24) is 5.32 Å². The average molecular weight is 422 g/mol. The Hall–Kier alpha value is -3.36. The lowest BCUT2D eigenvalue weighted by Gasteiger charge is -2.13.